The van der Waals surface area contributed by atoms with Crippen LogP contribution in [0, 0.1) is 0 Å². The lowest BCUT2D eigenvalue weighted by Crippen LogP contribution is -2.20. The van der Waals surface area contributed by atoms with E-state index in [1.807, 2.05) is 48.5 Å². The smallest absolute Gasteiger partial charge is 0.253 e. The molecule has 1 aliphatic rings. The predicted octanol–water partition coefficient (Wildman–Crippen LogP) is 3.88. The van der Waals surface area contributed by atoms with Crippen molar-refractivity contribution in [2.45, 2.75) is 6.42 Å². The Balaban J connectivity index is 2.09. The van der Waals surface area contributed by atoms with Crippen LogP contribution in [0.4, 0.5) is 5.69 Å². The second kappa shape index (κ2) is 5.18. The van der Waals surface area contributed by atoms with Gasteiger partial charge < -0.3 is 0 Å². The molecule has 4 rings (SSSR count). The Morgan fingerprint density at radius 1 is 1.00 bits per heavy atom. The van der Waals surface area contributed by atoms with Crippen molar-refractivity contribution in [1.29, 1.82) is 0 Å². The van der Waals surface area contributed by atoms with Gasteiger partial charge in [0.25, 0.3) is 5.91 Å². The summed E-state index contributed by atoms with van der Waals surface area (Å²) in [6, 6.07) is 15.7. The van der Waals surface area contributed by atoms with E-state index in [2.05, 4.69) is 26.0 Å². The third-order valence-corrected chi connectivity index (χ3v) is 4.41. The number of hydrogen-bond acceptors (Lipinski definition) is 3. The van der Waals surface area contributed by atoms with Crippen LogP contribution in [0.2, 0.25) is 0 Å². The molecule has 0 saturated carbocycles. The first-order valence-corrected chi connectivity index (χ1v) is 8.13. The molecule has 0 unspecified atom stereocenters. The number of carbonyl (C=O) groups excluding carboxylic acids is 1. The lowest BCUT2D eigenvalue weighted by atomic mass is 10.1. The Bertz CT molecular complexity index is 881. The predicted molar refractivity (Wildman–Crippen MR) is 92.6 cm³/mol. The van der Waals surface area contributed by atoms with Gasteiger partial charge in [-0.15, -0.1) is 0 Å². The van der Waals surface area contributed by atoms with Crippen LogP contribution in [0.15, 0.2) is 53.6 Å². The molecule has 3 aromatic rings. The molecule has 0 saturated heterocycles. The van der Waals surface area contributed by atoms with Crippen molar-refractivity contribution in [3.8, 4) is 0 Å². The zero-order valence-corrected chi connectivity index (χ0v) is 13.2. The molecule has 1 aliphatic heterocycles. The molecular weight excluding hydrogens is 342 g/mol. The Labute approximate surface area is 135 Å². The van der Waals surface area contributed by atoms with Crippen molar-refractivity contribution in [3.05, 3.63) is 48.5 Å². The lowest BCUT2D eigenvalue weighted by molar-refractivity contribution is -0.116. The number of amides is 1. The molecule has 0 bridgehead atoms. The molecule has 0 atom stereocenters. The number of hydrazone groups is 1. The number of fused-ring (bicyclic) bond motifs is 2. The lowest BCUT2D eigenvalue weighted by Gasteiger charge is -2.17. The molecule has 0 aliphatic carbocycles. The summed E-state index contributed by atoms with van der Waals surface area (Å²) in [5.41, 5.74) is 3.40. The molecule has 2 heterocycles. The molecule has 1 amide bonds. The molecule has 1 aromatic heterocycles. The van der Waals surface area contributed by atoms with Crippen molar-refractivity contribution >= 4 is 55.0 Å². The van der Waals surface area contributed by atoms with Gasteiger partial charge in [-0.05, 0) is 12.1 Å². The number of hydrogen-bond donors (Lipinski definition) is 0. The van der Waals surface area contributed by atoms with Crippen LogP contribution in [0.5, 0.6) is 0 Å². The van der Waals surface area contributed by atoms with Gasteiger partial charge in [-0.1, -0.05) is 52.3 Å². The van der Waals surface area contributed by atoms with E-state index >= 15 is 0 Å². The van der Waals surface area contributed by atoms with E-state index in [-0.39, 0.29) is 5.91 Å². The van der Waals surface area contributed by atoms with Crippen molar-refractivity contribution in [2.75, 3.05) is 10.3 Å². The maximum Gasteiger partial charge on any atom is 0.253 e. The minimum absolute atomic E-state index is 0.00374. The number of para-hydroxylation sites is 2. The molecule has 108 valence electrons. The van der Waals surface area contributed by atoms with E-state index in [0.29, 0.717) is 11.8 Å². The number of alkyl halides is 1. The number of benzene rings is 2. The molecule has 0 N–H and O–H groups in total. The molecule has 22 heavy (non-hydrogen) atoms. The Morgan fingerprint density at radius 3 is 2.14 bits per heavy atom. The molecular formula is C17H12BrN3O. The van der Waals surface area contributed by atoms with E-state index in [4.69, 9.17) is 0 Å². The van der Waals surface area contributed by atoms with E-state index in [0.717, 1.165) is 33.2 Å². The SMILES string of the molecule is O=C1CC(CBr)=NN1c1c2ccccc2nc2ccccc12. The van der Waals surface area contributed by atoms with Crippen LogP contribution in [0.3, 0.4) is 0 Å². The normalized spacial score (nSPS) is 14.9. The monoisotopic (exact) mass is 353 g/mol. The molecule has 4 nitrogen and oxygen atoms in total. The Hall–Kier alpha value is -2.27. The summed E-state index contributed by atoms with van der Waals surface area (Å²) < 4.78 is 0. The van der Waals surface area contributed by atoms with Gasteiger partial charge in [0, 0.05) is 16.1 Å². The summed E-state index contributed by atoms with van der Waals surface area (Å²) in [7, 11) is 0. The Morgan fingerprint density at radius 2 is 1.59 bits per heavy atom. The molecule has 5 heteroatoms. The minimum Gasteiger partial charge on any atom is -0.272 e. The van der Waals surface area contributed by atoms with Crippen molar-refractivity contribution < 1.29 is 4.79 Å². The second-order valence-corrected chi connectivity index (χ2v) is 5.74. The molecule has 0 spiro atoms. The molecule has 0 radical (unpaired) electrons. The first-order valence-electron chi connectivity index (χ1n) is 7.00. The van der Waals surface area contributed by atoms with E-state index in [9.17, 15) is 4.79 Å². The fraction of sp³-hybridized carbons (Fsp3) is 0.118. The highest BCUT2D eigenvalue weighted by Crippen LogP contribution is 2.35. The third-order valence-electron chi connectivity index (χ3n) is 3.76. The van der Waals surface area contributed by atoms with Crippen molar-refractivity contribution in [3.63, 3.8) is 0 Å². The maximum absolute atomic E-state index is 12.4. The standard InChI is InChI=1S/C17H12BrN3O/c18-10-11-9-16(22)21(20-11)17-12-5-1-3-7-14(12)19-15-8-4-2-6-13(15)17/h1-8H,9-10H2. The number of aromatic nitrogens is 1. The summed E-state index contributed by atoms with van der Waals surface area (Å²) in [4.78, 5) is 17.1. The minimum atomic E-state index is -0.00374. The third kappa shape index (κ3) is 2.01. The van der Waals surface area contributed by atoms with E-state index in [1.165, 1.54) is 5.01 Å². The zero-order chi connectivity index (χ0) is 15.1. The van der Waals surface area contributed by atoms with Gasteiger partial charge in [0.1, 0.15) is 0 Å². The number of carbonyl (C=O) groups is 1. The average molecular weight is 354 g/mol. The fourth-order valence-electron chi connectivity index (χ4n) is 2.78. The van der Waals surface area contributed by atoms with Gasteiger partial charge in [-0.2, -0.15) is 10.1 Å². The number of pyridine rings is 1. The van der Waals surface area contributed by atoms with E-state index in [1.54, 1.807) is 0 Å². The summed E-state index contributed by atoms with van der Waals surface area (Å²) >= 11 is 3.38. The van der Waals surface area contributed by atoms with Crippen molar-refractivity contribution in [2.24, 2.45) is 5.10 Å². The Kier molecular flexibility index (Phi) is 3.15. The number of nitrogens with zero attached hydrogens (tertiary/aromatic N) is 3. The van der Waals surface area contributed by atoms with Gasteiger partial charge in [-0.25, -0.2) is 4.98 Å². The van der Waals surface area contributed by atoms with Crippen LogP contribution in [0.25, 0.3) is 21.8 Å². The van der Waals surface area contributed by atoms with Crippen LogP contribution >= 0.6 is 15.9 Å². The largest absolute Gasteiger partial charge is 0.272 e. The summed E-state index contributed by atoms with van der Waals surface area (Å²) in [5.74, 6) is -0.00374. The highest BCUT2D eigenvalue weighted by atomic mass is 79.9. The highest BCUT2D eigenvalue weighted by molar-refractivity contribution is 9.09. The number of rotatable bonds is 2. The van der Waals surface area contributed by atoms with Crippen LogP contribution in [-0.4, -0.2) is 21.9 Å². The zero-order valence-electron chi connectivity index (χ0n) is 11.7. The first-order chi connectivity index (χ1) is 10.8. The highest BCUT2D eigenvalue weighted by Gasteiger charge is 2.27. The summed E-state index contributed by atoms with van der Waals surface area (Å²) in [5, 5.41) is 8.50. The van der Waals surface area contributed by atoms with Gasteiger partial charge in [-0.3, -0.25) is 4.79 Å². The van der Waals surface area contributed by atoms with Gasteiger partial charge in [0.2, 0.25) is 0 Å². The molecule has 0 fully saturated rings. The fourth-order valence-corrected chi connectivity index (χ4v) is 3.09. The number of halogens is 1. The summed E-state index contributed by atoms with van der Waals surface area (Å²) in [6.45, 7) is 0. The molecule has 2 aromatic carbocycles. The van der Waals surface area contributed by atoms with Crippen LogP contribution in [0.1, 0.15) is 6.42 Å². The van der Waals surface area contributed by atoms with Crippen LogP contribution < -0.4 is 5.01 Å². The second-order valence-electron chi connectivity index (χ2n) is 5.18. The van der Waals surface area contributed by atoms with E-state index < -0.39 is 0 Å². The first kappa shape index (κ1) is 13.4. The summed E-state index contributed by atoms with van der Waals surface area (Å²) in [6.07, 6.45) is 0.357. The topological polar surface area (TPSA) is 45.6 Å². The van der Waals surface area contributed by atoms with Gasteiger partial charge >= 0.3 is 0 Å². The van der Waals surface area contributed by atoms with Crippen molar-refractivity contribution in [1.82, 2.24) is 4.98 Å². The van der Waals surface area contributed by atoms with Gasteiger partial charge in [0.15, 0.2) is 0 Å². The average Bonchev–Trinajstić information content (AvgIpc) is 2.93. The maximum atomic E-state index is 12.4. The van der Waals surface area contributed by atoms with Crippen LogP contribution in [-0.2, 0) is 4.79 Å². The number of anilines is 1. The quantitative estimate of drug-likeness (QED) is 0.518. The van der Waals surface area contributed by atoms with Gasteiger partial charge in [0.05, 0.1) is 28.9 Å².